The van der Waals surface area contributed by atoms with Crippen LogP contribution < -0.4 is 5.32 Å². The Balaban J connectivity index is 2.85. The van der Waals surface area contributed by atoms with Gasteiger partial charge in [-0.3, -0.25) is 4.90 Å². The highest BCUT2D eigenvalue weighted by atomic mass is 15.3. The van der Waals surface area contributed by atoms with Gasteiger partial charge in [-0.2, -0.15) is 0 Å². The molecular weight excluding hydrogens is 232 g/mol. The molecule has 0 aromatic rings. The lowest BCUT2D eigenvalue weighted by Crippen LogP contribution is -2.65. The third kappa shape index (κ3) is 4.19. The van der Waals surface area contributed by atoms with Gasteiger partial charge in [0, 0.05) is 31.2 Å². The maximum Gasteiger partial charge on any atom is 0.0304 e. The topological polar surface area (TPSA) is 15.3 Å². The zero-order valence-electron chi connectivity index (χ0n) is 14.3. The van der Waals surface area contributed by atoms with E-state index in [1.54, 1.807) is 0 Å². The van der Waals surface area contributed by atoms with Crippen molar-refractivity contribution in [2.75, 3.05) is 19.6 Å². The third-order valence-corrected chi connectivity index (χ3v) is 5.37. The van der Waals surface area contributed by atoms with Crippen molar-refractivity contribution in [2.24, 2.45) is 11.3 Å². The fourth-order valence-corrected chi connectivity index (χ4v) is 3.23. The molecule has 0 amide bonds. The molecule has 0 bridgehead atoms. The molecule has 0 aromatic heterocycles. The minimum atomic E-state index is 0.342. The predicted molar refractivity (Wildman–Crippen MR) is 85.6 cm³/mol. The number of rotatable bonds is 6. The van der Waals surface area contributed by atoms with Crippen LogP contribution >= 0.6 is 0 Å². The minimum Gasteiger partial charge on any atom is -0.308 e. The third-order valence-electron chi connectivity index (χ3n) is 5.37. The van der Waals surface area contributed by atoms with Crippen LogP contribution in [0.3, 0.4) is 0 Å². The smallest absolute Gasteiger partial charge is 0.0304 e. The molecule has 0 aliphatic carbocycles. The number of hydrogen-bond donors (Lipinski definition) is 1. The van der Waals surface area contributed by atoms with E-state index in [2.05, 4.69) is 58.7 Å². The highest BCUT2D eigenvalue weighted by Crippen LogP contribution is 2.30. The first-order chi connectivity index (χ1) is 8.79. The SMILES string of the molecule is CCC(C)(C)CN1CC(CC)(CC)NCC1C(C)C. The summed E-state index contributed by atoms with van der Waals surface area (Å²) in [4.78, 5) is 2.78. The van der Waals surface area contributed by atoms with E-state index < -0.39 is 0 Å². The molecule has 1 heterocycles. The van der Waals surface area contributed by atoms with Gasteiger partial charge in [0.25, 0.3) is 0 Å². The van der Waals surface area contributed by atoms with Crippen molar-refractivity contribution in [3.8, 4) is 0 Å². The summed E-state index contributed by atoms with van der Waals surface area (Å²) in [5, 5.41) is 3.86. The van der Waals surface area contributed by atoms with Crippen LogP contribution in [0.15, 0.2) is 0 Å². The maximum atomic E-state index is 3.86. The van der Waals surface area contributed by atoms with Crippen LogP contribution in [0.4, 0.5) is 0 Å². The molecule has 114 valence electrons. The molecule has 1 unspecified atom stereocenters. The average molecular weight is 268 g/mol. The molecule has 0 aromatic carbocycles. The van der Waals surface area contributed by atoms with Crippen molar-refractivity contribution < 1.29 is 0 Å². The van der Waals surface area contributed by atoms with Crippen molar-refractivity contribution in [3.63, 3.8) is 0 Å². The molecule has 1 saturated heterocycles. The van der Waals surface area contributed by atoms with E-state index in [0.717, 1.165) is 12.5 Å². The molecule has 1 atom stereocenters. The average Bonchev–Trinajstić information content (AvgIpc) is 2.37. The van der Waals surface area contributed by atoms with Crippen molar-refractivity contribution in [1.29, 1.82) is 0 Å². The molecule has 1 rings (SSSR count). The zero-order valence-corrected chi connectivity index (χ0v) is 14.3. The van der Waals surface area contributed by atoms with Crippen LogP contribution in [0, 0.1) is 11.3 Å². The fourth-order valence-electron chi connectivity index (χ4n) is 3.23. The van der Waals surface area contributed by atoms with Crippen molar-refractivity contribution >= 4 is 0 Å². The van der Waals surface area contributed by atoms with E-state index in [4.69, 9.17) is 0 Å². The first-order valence-corrected chi connectivity index (χ1v) is 8.28. The second kappa shape index (κ2) is 6.58. The molecule has 0 spiro atoms. The highest BCUT2D eigenvalue weighted by Gasteiger charge is 2.39. The van der Waals surface area contributed by atoms with E-state index in [1.165, 1.54) is 32.4 Å². The summed E-state index contributed by atoms with van der Waals surface area (Å²) < 4.78 is 0. The summed E-state index contributed by atoms with van der Waals surface area (Å²) in [5.41, 5.74) is 0.771. The number of piperazine rings is 1. The van der Waals surface area contributed by atoms with Gasteiger partial charge in [0.15, 0.2) is 0 Å². The Morgan fingerprint density at radius 2 is 1.79 bits per heavy atom. The normalized spacial score (nSPS) is 24.9. The number of hydrogen-bond acceptors (Lipinski definition) is 2. The van der Waals surface area contributed by atoms with E-state index >= 15 is 0 Å². The van der Waals surface area contributed by atoms with Gasteiger partial charge in [0.2, 0.25) is 0 Å². The molecule has 2 nitrogen and oxygen atoms in total. The largest absolute Gasteiger partial charge is 0.308 e. The first-order valence-electron chi connectivity index (χ1n) is 8.28. The second-order valence-corrected chi connectivity index (χ2v) is 7.60. The van der Waals surface area contributed by atoms with Gasteiger partial charge >= 0.3 is 0 Å². The lowest BCUT2D eigenvalue weighted by molar-refractivity contribution is 0.0225. The zero-order chi connectivity index (χ0) is 14.7. The molecule has 1 aliphatic rings. The molecule has 19 heavy (non-hydrogen) atoms. The Labute approximate surface area is 121 Å². The Kier molecular flexibility index (Phi) is 5.88. The Hall–Kier alpha value is -0.0800. The Bertz CT molecular complexity index is 266. The molecule has 1 N–H and O–H groups in total. The van der Waals surface area contributed by atoms with E-state index in [9.17, 15) is 0 Å². The van der Waals surface area contributed by atoms with E-state index in [-0.39, 0.29) is 0 Å². The van der Waals surface area contributed by atoms with Crippen LogP contribution in [0.1, 0.15) is 67.7 Å². The minimum absolute atomic E-state index is 0.342. The number of nitrogens with zero attached hydrogens (tertiary/aromatic N) is 1. The molecule has 0 saturated carbocycles. The summed E-state index contributed by atoms with van der Waals surface area (Å²) >= 11 is 0. The van der Waals surface area contributed by atoms with Gasteiger partial charge in [0.05, 0.1) is 0 Å². The van der Waals surface area contributed by atoms with Crippen LogP contribution in [0.25, 0.3) is 0 Å². The van der Waals surface area contributed by atoms with E-state index in [0.29, 0.717) is 17.0 Å². The molecule has 0 radical (unpaired) electrons. The van der Waals surface area contributed by atoms with Gasteiger partial charge in [-0.15, -0.1) is 0 Å². The van der Waals surface area contributed by atoms with Crippen LogP contribution in [-0.4, -0.2) is 36.1 Å². The van der Waals surface area contributed by atoms with Crippen LogP contribution in [0.5, 0.6) is 0 Å². The molecule has 1 fully saturated rings. The summed E-state index contributed by atoms with van der Waals surface area (Å²) in [7, 11) is 0. The van der Waals surface area contributed by atoms with Gasteiger partial charge in [-0.1, -0.05) is 48.5 Å². The molecule has 1 aliphatic heterocycles. The Morgan fingerprint density at radius 3 is 2.21 bits per heavy atom. The van der Waals surface area contributed by atoms with Gasteiger partial charge in [0.1, 0.15) is 0 Å². The quantitative estimate of drug-likeness (QED) is 0.785. The highest BCUT2D eigenvalue weighted by molar-refractivity contribution is 4.98. The monoisotopic (exact) mass is 268 g/mol. The van der Waals surface area contributed by atoms with Crippen molar-refractivity contribution in [1.82, 2.24) is 10.2 Å². The second-order valence-electron chi connectivity index (χ2n) is 7.60. The van der Waals surface area contributed by atoms with Crippen LogP contribution in [-0.2, 0) is 0 Å². The predicted octanol–water partition coefficient (Wildman–Crippen LogP) is 3.91. The van der Waals surface area contributed by atoms with E-state index in [1.807, 2.05) is 0 Å². The van der Waals surface area contributed by atoms with Crippen LogP contribution in [0.2, 0.25) is 0 Å². The Morgan fingerprint density at radius 1 is 1.21 bits per heavy atom. The lowest BCUT2D eigenvalue weighted by Gasteiger charge is -2.50. The van der Waals surface area contributed by atoms with Crippen molar-refractivity contribution in [3.05, 3.63) is 0 Å². The molecular formula is C17H36N2. The summed E-state index contributed by atoms with van der Waals surface area (Å²) in [5.74, 6) is 0.729. The van der Waals surface area contributed by atoms with Crippen molar-refractivity contribution in [2.45, 2.75) is 79.3 Å². The van der Waals surface area contributed by atoms with Gasteiger partial charge in [-0.25, -0.2) is 0 Å². The van der Waals surface area contributed by atoms with Gasteiger partial charge in [-0.05, 0) is 30.6 Å². The lowest BCUT2D eigenvalue weighted by atomic mass is 9.83. The summed E-state index contributed by atoms with van der Waals surface area (Å²) in [6.45, 7) is 20.1. The number of nitrogens with one attached hydrogen (secondary N) is 1. The molecule has 2 heteroatoms. The van der Waals surface area contributed by atoms with Gasteiger partial charge < -0.3 is 5.32 Å². The fraction of sp³-hybridized carbons (Fsp3) is 1.00. The summed E-state index contributed by atoms with van der Waals surface area (Å²) in [6.07, 6.45) is 3.72. The summed E-state index contributed by atoms with van der Waals surface area (Å²) in [6, 6.07) is 0.692. The standard InChI is InChI=1S/C17H36N2/c1-8-16(6,7)12-19-13-17(9-2,10-3)18-11-15(19)14(4)5/h14-15,18H,8-13H2,1-7H3. The first kappa shape index (κ1) is 17.0. The maximum absolute atomic E-state index is 3.86.